The van der Waals surface area contributed by atoms with Crippen molar-refractivity contribution in [3.63, 3.8) is 0 Å². The van der Waals surface area contributed by atoms with Gasteiger partial charge < -0.3 is 9.47 Å². The van der Waals surface area contributed by atoms with Gasteiger partial charge >= 0.3 is 11.9 Å². The minimum Gasteiger partial charge on any atom is -0.465 e. The Hall–Kier alpha value is -1.32. The number of ether oxygens (including phenoxy) is 2. The quantitative estimate of drug-likeness (QED) is 0.500. The Morgan fingerprint density at radius 1 is 0.741 bits per heavy atom. The summed E-state index contributed by atoms with van der Waals surface area (Å²) in [5, 5.41) is 0. The molecule has 0 aliphatic heterocycles. The van der Waals surface area contributed by atoms with Crippen LogP contribution in [0.2, 0.25) is 0 Å². The smallest absolute Gasteiger partial charge is 0.313 e. The number of rotatable bonds is 4. The summed E-state index contributed by atoms with van der Waals surface area (Å²) in [6, 6.07) is 0. The highest BCUT2D eigenvalue weighted by Gasteiger charge is 2.78. The maximum atomic E-state index is 13.4. The average Bonchev–Trinajstić information content (AvgIpc) is 2.90. The summed E-state index contributed by atoms with van der Waals surface area (Å²) in [7, 11) is 0. The first-order chi connectivity index (χ1) is 11.9. The second-order valence-electron chi connectivity index (χ2n) is 11.9. The lowest BCUT2D eigenvalue weighted by Crippen LogP contribution is -2.58. The van der Waals surface area contributed by atoms with Gasteiger partial charge in [-0.3, -0.25) is 9.59 Å². The van der Waals surface area contributed by atoms with E-state index >= 15 is 0 Å². The predicted molar refractivity (Wildman–Crippen MR) is 107 cm³/mol. The number of esters is 2. The topological polar surface area (TPSA) is 52.6 Å². The van der Waals surface area contributed by atoms with Crippen LogP contribution in [0, 0.1) is 32.5 Å². The molecule has 154 valence electrons. The molecule has 2 bridgehead atoms. The monoisotopic (exact) mass is 378 g/mol. The maximum Gasteiger partial charge on any atom is 0.313 e. The largest absolute Gasteiger partial charge is 0.465 e. The van der Waals surface area contributed by atoms with Gasteiger partial charge in [0.25, 0.3) is 0 Å². The third-order valence-corrected chi connectivity index (χ3v) is 6.93. The molecular weight excluding hydrogens is 340 g/mol. The van der Waals surface area contributed by atoms with Crippen molar-refractivity contribution in [2.45, 2.75) is 75.7 Å². The fraction of sp³-hybridized carbons (Fsp3) is 0.826. The molecule has 0 aromatic rings. The van der Waals surface area contributed by atoms with E-state index in [0.717, 1.165) is 6.42 Å². The maximum absolute atomic E-state index is 13.4. The van der Waals surface area contributed by atoms with Crippen LogP contribution in [0.15, 0.2) is 12.2 Å². The van der Waals surface area contributed by atoms with Crippen LogP contribution < -0.4 is 0 Å². The van der Waals surface area contributed by atoms with Crippen molar-refractivity contribution >= 4 is 11.9 Å². The Morgan fingerprint density at radius 2 is 1.04 bits per heavy atom. The third-order valence-electron chi connectivity index (χ3n) is 6.93. The summed E-state index contributed by atoms with van der Waals surface area (Å²) >= 11 is 0. The molecule has 4 unspecified atom stereocenters. The zero-order valence-electron chi connectivity index (χ0n) is 18.9. The highest BCUT2D eigenvalue weighted by atomic mass is 16.5. The Kier molecular flexibility index (Phi) is 4.95. The third kappa shape index (κ3) is 3.23. The number of carbonyl (C=O) groups is 2. The van der Waals surface area contributed by atoms with Crippen LogP contribution in [0.5, 0.6) is 0 Å². The molecular formula is C23H38O4. The van der Waals surface area contributed by atoms with Crippen LogP contribution in [-0.2, 0) is 19.1 Å². The van der Waals surface area contributed by atoms with Gasteiger partial charge in [0.05, 0.1) is 24.0 Å². The molecule has 4 heteroatoms. The second-order valence-corrected chi connectivity index (χ2v) is 11.9. The molecule has 0 radical (unpaired) electrons. The normalized spacial score (nSPS) is 38.1. The molecule has 0 spiro atoms. The Bertz CT molecular complexity index is 609. The number of hydrogen-bond donors (Lipinski definition) is 0. The summed E-state index contributed by atoms with van der Waals surface area (Å²) in [4.78, 5) is 26.8. The lowest BCUT2D eigenvalue weighted by atomic mass is 9.52. The molecule has 4 nitrogen and oxygen atoms in total. The lowest BCUT2D eigenvalue weighted by Gasteiger charge is -2.50. The van der Waals surface area contributed by atoms with Crippen molar-refractivity contribution in [1.82, 2.24) is 0 Å². The van der Waals surface area contributed by atoms with Gasteiger partial charge in [0, 0.05) is 10.8 Å². The van der Waals surface area contributed by atoms with E-state index in [1.54, 1.807) is 0 Å². The molecule has 2 aliphatic carbocycles. The van der Waals surface area contributed by atoms with Crippen molar-refractivity contribution in [3.8, 4) is 0 Å². The van der Waals surface area contributed by atoms with Crippen molar-refractivity contribution in [2.24, 2.45) is 32.5 Å². The van der Waals surface area contributed by atoms with E-state index in [1.165, 1.54) is 0 Å². The Morgan fingerprint density at radius 3 is 1.30 bits per heavy atom. The van der Waals surface area contributed by atoms with Crippen molar-refractivity contribution < 1.29 is 19.1 Å². The van der Waals surface area contributed by atoms with E-state index in [-0.39, 0.29) is 22.8 Å². The molecule has 0 N–H and O–H groups in total. The van der Waals surface area contributed by atoms with Gasteiger partial charge in [-0.2, -0.15) is 0 Å². The van der Waals surface area contributed by atoms with Gasteiger partial charge in [-0.1, -0.05) is 67.5 Å². The summed E-state index contributed by atoms with van der Waals surface area (Å²) in [5.41, 5.74) is -3.10. The first-order valence-corrected chi connectivity index (χ1v) is 9.97. The highest BCUT2D eigenvalue weighted by Crippen LogP contribution is 2.75. The van der Waals surface area contributed by atoms with Crippen LogP contribution in [0.25, 0.3) is 0 Å². The van der Waals surface area contributed by atoms with E-state index in [0.29, 0.717) is 13.2 Å². The van der Waals surface area contributed by atoms with E-state index in [9.17, 15) is 9.59 Å². The standard InChI is InChI=1S/C23H38O4/c1-18(2,3)14-26-16(24)22(9)20(7)11-12-21(8,13-20)23(22,10)17(25)27-15-19(4,5)6/h11-12H,13-15H2,1-10H3. The molecule has 0 heterocycles. The number of hydrogen-bond acceptors (Lipinski definition) is 4. The summed E-state index contributed by atoms with van der Waals surface area (Å²) in [6.07, 6.45) is 4.94. The first kappa shape index (κ1) is 22.0. The van der Waals surface area contributed by atoms with Crippen LogP contribution in [0.3, 0.4) is 0 Å². The molecule has 2 rings (SSSR count). The van der Waals surface area contributed by atoms with E-state index in [1.807, 2.05) is 55.4 Å². The second kappa shape index (κ2) is 6.09. The van der Waals surface area contributed by atoms with Gasteiger partial charge in [-0.05, 0) is 31.1 Å². The van der Waals surface area contributed by atoms with E-state index in [2.05, 4.69) is 26.0 Å². The molecule has 4 atom stereocenters. The van der Waals surface area contributed by atoms with Crippen molar-refractivity contribution in [1.29, 1.82) is 0 Å². The molecule has 27 heavy (non-hydrogen) atoms. The fourth-order valence-electron chi connectivity index (χ4n) is 4.81. The zero-order chi connectivity index (χ0) is 21.1. The fourth-order valence-corrected chi connectivity index (χ4v) is 4.81. The Labute approximate surface area is 165 Å². The molecule has 2 aliphatic rings. The van der Waals surface area contributed by atoms with E-state index in [4.69, 9.17) is 9.47 Å². The van der Waals surface area contributed by atoms with Crippen molar-refractivity contribution in [3.05, 3.63) is 12.2 Å². The Balaban J connectivity index is 2.44. The van der Waals surface area contributed by atoms with Crippen LogP contribution in [0.4, 0.5) is 0 Å². The average molecular weight is 379 g/mol. The van der Waals surface area contributed by atoms with Gasteiger partial charge in [0.1, 0.15) is 0 Å². The highest BCUT2D eigenvalue weighted by molar-refractivity contribution is 5.92. The molecule has 0 aromatic carbocycles. The first-order valence-electron chi connectivity index (χ1n) is 9.97. The molecule has 0 saturated heterocycles. The molecule has 0 amide bonds. The van der Waals surface area contributed by atoms with Gasteiger partial charge in [0.2, 0.25) is 0 Å². The van der Waals surface area contributed by atoms with Gasteiger partial charge in [-0.25, -0.2) is 0 Å². The summed E-state index contributed by atoms with van der Waals surface area (Å²) < 4.78 is 11.5. The molecule has 1 saturated carbocycles. The molecule has 0 aromatic heterocycles. The van der Waals surface area contributed by atoms with Crippen LogP contribution >= 0.6 is 0 Å². The minimum atomic E-state index is -0.982. The van der Waals surface area contributed by atoms with Gasteiger partial charge in [-0.15, -0.1) is 0 Å². The molecule has 1 fully saturated rings. The summed E-state index contributed by atoms with van der Waals surface area (Å²) in [5.74, 6) is -0.605. The predicted octanol–water partition coefficient (Wildman–Crippen LogP) is 5.16. The SMILES string of the molecule is CC(C)(C)COC(=O)C1(C)C2(C)C=CC(C)(C2)C1(C)C(=O)OCC(C)(C)C. The summed E-state index contributed by atoms with van der Waals surface area (Å²) in [6.45, 7) is 20.8. The minimum absolute atomic E-state index is 0.132. The van der Waals surface area contributed by atoms with E-state index < -0.39 is 21.7 Å². The number of carbonyl (C=O) groups excluding carboxylic acids is 2. The number of fused-ring (bicyclic) bond motifs is 2. The lowest BCUT2D eigenvalue weighted by molar-refractivity contribution is -0.190. The number of allylic oxidation sites excluding steroid dienone is 2. The zero-order valence-corrected chi connectivity index (χ0v) is 18.9. The van der Waals surface area contributed by atoms with Crippen LogP contribution in [0.1, 0.15) is 75.7 Å². The van der Waals surface area contributed by atoms with Gasteiger partial charge in [0.15, 0.2) is 0 Å². The van der Waals surface area contributed by atoms with Crippen molar-refractivity contribution in [2.75, 3.05) is 13.2 Å². The van der Waals surface area contributed by atoms with Crippen LogP contribution in [-0.4, -0.2) is 25.2 Å².